The number of ether oxygens (including phenoxy) is 5. The van der Waals surface area contributed by atoms with Gasteiger partial charge in [0, 0.05) is 0 Å². The van der Waals surface area contributed by atoms with Crippen molar-refractivity contribution in [1.29, 1.82) is 0 Å². The van der Waals surface area contributed by atoms with Gasteiger partial charge in [-0.05, 0) is 42.8 Å². The van der Waals surface area contributed by atoms with Crippen molar-refractivity contribution in [1.82, 2.24) is 5.43 Å². The van der Waals surface area contributed by atoms with Crippen LogP contribution in [0.5, 0.6) is 23.0 Å². The molecule has 0 aliphatic rings. The van der Waals surface area contributed by atoms with E-state index in [4.69, 9.17) is 18.9 Å². The van der Waals surface area contributed by atoms with Gasteiger partial charge in [-0.2, -0.15) is 5.10 Å². The standard InChI is InChI=1S/C20H24N2O6/c1-4-26-19-13-15(14-21-22-20(23)25-3)9-10-18(19)28-12-11-27-17-8-6-5-7-16(17)24-2/h5-10,13-14H,4,11-12H2,1-3H3,(H,22,23)/b21-14+. The molecule has 0 atom stereocenters. The van der Waals surface area contributed by atoms with Crippen LogP contribution in [0.15, 0.2) is 47.6 Å². The number of carbonyl (C=O) groups is 1. The molecule has 0 heterocycles. The number of methoxy groups -OCH3 is 2. The highest BCUT2D eigenvalue weighted by Gasteiger charge is 2.07. The van der Waals surface area contributed by atoms with E-state index >= 15 is 0 Å². The fourth-order valence-electron chi connectivity index (χ4n) is 2.24. The summed E-state index contributed by atoms with van der Waals surface area (Å²) in [5.41, 5.74) is 2.96. The van der Waals surface area contributed by atoms with Gasteiger partial charge >= 0.3 is 6.09 Å². The molecule has 0 aromatic heterocycles. The summed E-state index contributed by atoms with van der Waals surface area (Å²) >= 11 is 0. The molecule has 1 N–H and O–H groups in total. The van der Waals surface area contributed by atoms with Crippen LogP contribution >= 0.6 is 0 Å². The molecule has 2 aromatic rings. The second-order valence-corrected chi connectivity index (χ2v) is 5.35. The van der Waals surface area contributed by atoms with E-state index in [9.17, 15) is 4.79 Å². The van der Waals surface area contributed by atoms with Gasteiger partial charge in [0.15, 0.2) is 23.0 Å². The zero-order valence-corrected chi connectivity index (χ0v) is 16.1. The number of para-hydroxylation sites is 2. The van der Waals surface area contributed by atoms with Gasteiger partial charge in [0.05, 0.1) is 27.0 Å². The van der Waals surface area contributed by atoms with Crippen molar-refractivity contribution >= 4 is 12.3 Å². The van der Waals surface area contributed by atoms with E-state index in [0.29, 0.717) is 42.8 Å². The average Bonchev–Trinajstić information content (AvgIpc) is 2.72. The molecule has 150 valence electrons. The minimum Gasteiger partial charge on any atom is -0.493 e. The van der Waals surface area contributed by atoms with Crippen molar-refractivity contribution in [3.63, 3.8) is 0 Å². The van der Waals surface area contributed by atoms with Gasteiger partial charge in [-0.25, -0.2) is 10.2 Å². The van der Waals surface area contributed by atoms with Crippen molar-refractivity contribution < 1.29 is 28.5 Å². The summed E-state index contributed by atoms with van der Waals surface area (Å²) in [5.74, 6) is 2.48. The van der Waals surface area contributed by atoms with E-state index in [2.05, 4.69) is 15.3 Å². The summed E-state index contributed by atoms with van der Waals surface area (Å²) in [4.78, 5) is 11.0. The van der Waals surface area contributed by atoms with E-state index in [1.54, 1.807) is 25.3 Å². The Labute approximate surface area is 164 Å². The Kier molecular flexibility index (Phi) is 8.45. The molecule has 2 aromatic carbocycles. The van der Waals surface area contributed by atoms with Crippen LogP contribution < -0.4 is 24.4 Å². The van der Waals surface area contributed by atoms with Gasteiger partial charge in [-0.15, -0.1) is 0 Å². The summed E-state index contributed by atoms with van der Waals surface area (Å²) in [5, 5.41) is 3.79. The number of hydrazone groups is 1. The molecule has 8 heteroatoms. The van der Waals surface area contributed by atoms with E-state index in [1.165, 1.54) is 13.3 Å². The van der Waals surface area contributed by atoms with Crippen LogP contribution in [0.1, 0.15) is 12.5 Å². The number of benzene rings is 2. The first kappa shape index (κ1) is 20.9. The number of hydrogen-bond donors (Lipinski definition) is 1. The van der Waals surface area contributed by atoms with E-state index in [1.807, 2.05) is 31.2 Å². The minimum atomic E-state index is -0.642. The Bertz CT molecular complexity index is 794. The van der Waals surface area contributed by atoms with E-state index < -0.39 is 6.09 Å². The molecule has 0 saturated heterocycles. The van der Waals surface area contributed by atoms with Crippen molar-refractivity contribution in [2.75, 3.05) is 34.0 Å². The average molecular weight is 388 g/mol. The highest BCUT2D eigenvalue weighted by molar-refractivity contribution is 5.82. The number of rotatable bonds is 10. The highest BCUT2D eigenvalue weighted by Crippen LogP contribution is 2.29. The lowest BCUT2D eigenvalue weighted by atomic mass is 10.2. The molecule has 28 heavy (non-hydrogen) atoms. The van der Waals surface area contributed by atoms with Gasteiger partial charge in [0.1, 0.15) is 13.2 Å². The molecule has 0 saturated carbocycles. The zero-order valence-electron chi connectivity index (χ0n) is 16.1. The van der Waals surface area contributed by atoms with Gasteiger partial charge in [-0.3, -0.25) is 0 Å². The molecule has 0 radical (unpaired) electrons. The first-order chi connectivity index (χ1) is 13.7. The predicted octanol–water partition coefficient (Wildman–Crippen LogP) is 3.24. The molecule has 8 nitrogen and oxygen atoms in total. The molecule has 2 rings (SSSR count). The molecule has 0 aliphatic heterocycles. The summed E-state index contributed by atoms with van der Waals surface area (Å²) in [6.07, 6.45) is 0.838. The third-order valence-electron chi connectivity index (χ3n) is 3.49. The first-order valence-corrected chi connectivity index (χ1v) is 8.70. The van der Waals surface area contributed by atoms with Gasteiger partial charge in [0.2, 0.25) is 0 Å². The molecule has 0 aliphatic carbocycles. The van der Waals surface area contributed by atoms with Gasteiger partial charge in [0.25, 0.3) is 0 Å². The summed E-state index contributed by atoms with van der Waals surface area (Å²) in [7, 11) is 2.86. The Morgan fingerprint density at radius 3 is 2.29 bits per heavy atom. The molecular formula is C20H24N2O6. The maximum absolute atomic E-state index is 11.0. The fourth-order valence-corrected chi connectivity index (χ4v) is 2.24. The van der Waals surface area contributed by atoms with Crippen molar-refractivity contribution in [3.8, 4) is 23.0 Å². The number of amides is 1. The van der Waals surface area contributed by atoms with Crippen LogP contribution in [0.2, 0.25) is 0 Å². The topological polar surface area (TPSA) is 87.6 Å². The van der Waals surface area contributed by atoms with Gasteiger partial charge in [-0.1, -0.05) is 12.1 Å². The van der Waals surface area contributed by atoms with Crippen molar-refractivity contribution in [2.45, 2.75) is 6.92 Å². The van der Waals surface area contributed by atoms with E-state index in [0.717, 1.165) is 5.56 Å². The summed E-state index contributed by atoms with van der Waals surface area (Å²) in [6.45, 7) is 3.04. The summed E-state index contributed by atoms with van der Waals surface area (Å²) < 4.78 is 26.8. The number of carbonyl (C=O) groups excluding carboxylic acids is 1. The Balaban J connectivity index is 1.93. The number of nitrogens with zero attached hydrogens (tertiary/aromatic N) is 1. The lowest BCUT2D eigenvalue weighted by molar-refractivity contribution is 0.171. The number of hydrogen-bond acceptors (Lipinski definition) is 7. The molecule has 0 bridgehead atoms. The van der Waals surface area contributed by atoms with Gasteiger partial charge < -0.3 is 23.7 Å². The van der Waals surface area contributed by atoms with Crippen LogP contribution in [0.25, 0.3) is 0 Å². The van der Waals surface area contributed by atoms with Crippen LogP contribution in [0.4, 0.5) is 4.79 Å². The van der Waals surface area contributed by atoms with Crippen LogP contribution in [-0.2, 0) is 4.74 Å². The predicted molar refractivity (Wildman–Crippen MR) is 105 cm³/mol. The van der Waals surface area contributed by atoms with Crippen molar-refractivity contribution in [3.05, 3.63) is 48.0 Å². The van der Waals surface area contributed by atoms with Crippen LogP contribution in [-0.4, -0.2) is 46.3 Å². The van der Waals surface area contributed by atoms with Crippen molar-refractivity contribution in [2.24, 2.45) is 5.10 Å². The monoisotopic (exact) mass is 388 g/mol. The quantitative estimate of drug-likeness (QED) is 0.382. The minimum absolute atomic E-state index is 0.329. The second-order valence-electron chi connectivity index (χ2n) is 5.35. The fraction of sp³-hybridized carbons (Fsp3) is 0.300. The Morgan fingerprint density at radius 1 is 0.964 bits per heavy atom. The maximum atomic E-state index is 11.0. The van der Waals surface area contributed by atoms with Crippen LogP contribution in [0, 0.1) is 0 Å². The Morgan fingerprint density at radius 2 is 1.64 bits per heavy atom. The smallest absolute Gasteiger partial charge is 0.427 e. The third-order valence-corrected chi connectivity index (χ3v) is 3.49. The summed E-state index contributed by atoms with van der Waals surface area (Å²) in [6, 6.07) is 12.8. The third kappa shape index (κ3) is 6.39. The molecule has 0 spiro atoms. The largest absolute Gasteiger partial charge is 0.493 e. The lowest BCUT2D eigenvalue weighted by Crippen LogP contribution is -2.16. The lowest BCUT2D eigenvalue weighted by Gasteiger charge is -2.14. The molecule has 0 fully saturated rings. The second kappa shape index (κ2) is 11.3. The SMILES string of the molecule is CCOc1cc(/C=N/NC(=O)OC)ccc1OCCOc1ccccc1OC. The van der Waals surface area contributed by atoms with Crippen LogP contribution in [0.3, 0.4) is 0 Å². The molecular weight excluding hydrogens is 364 g/mol. The first-order valence-electron chi connectivity index (χ1n) is 8.70. The molecule has 1 amide bonds. The Hall–Kier alpha value is -3.42. The highest BCUT2D eigenvalue weighted by atomic mass is 16.6. The molecule has 0 unspecified atom stereocenters. The normalized spacial score (nSPS) is 10.4. The number of nitrogens with one attached hydrogen (secondary N) is 1. The zero-order chi connectivity index (χ0) is 20.2. The maximum Gasteiger partial charge on any atom is 0.427 e. The van der Waals surface area contributed by atoms with E-state index in [-0.39, 0.29) is 0 Å².